The molecule has 2 saturated carbocycles. The number of hydrogen-bond donors (Lipinski definition) is 0. The van der Waals surface area contributed by atoms with E-state index in [-0.39, 0.29) is 0 Å². The Bertz CT molecular complexity index is 388. The molecular weight excluding hydrogens is 308 g/mol. The largest absolute Gasteiger partial charge is 0.378 e. The second-order valence-corrected chi connectivity index (χ2v) is 10.3. The lowest BCUT2D eigenvalue weighted by molar-refractivity contribution is -0.00960. The van der Waals surface area contributed by atoms with Crippen molar-refractivity contribution < 1.29 is 9.47 Å². The highest BCUT2D eigenvalue weighted by Gasteiger charge is 2.38. The Morgan fingerprint density at radius 2 is 1.64 bits per heavy atom. The van der Waals surface area contributed by atoms with Gasteiger partial charge in [-0.15, -0.1) is 0 Å². The summed E-state index contributed by atoms with van der Waals surface area (Å²) in [5.74, 6) is 3.34. The Morgan fingerprint density at radius 3 is 2.24 bits per heavy atom. The van der Waals surface area contributed by atoms with Gasteiger partial charge in [-0.3, -0.25) is 0 Å². The van der Waals surface area contributed by atoms with Crippen molar-refractivity contribution in [2.75, 3.05) is 6.61 Å². The van der Waals surface area contributed by atoms with E-state index in [2.05, 4.69) is 48.5 Å². The van der Waals surface area contributed by atoms with Gasteiger partial charge in [0.15, 0.2) is 0 Å². The molecule has 2 heteroatoms. The molecule has 148 valence electrons. The normalized spacial score (nSPS) is 32.0. The fraction of sp³-hybridized carbons (Fsp3) is 1.00. The van der Waals surface area contributed by atoms with Crippen molar-refractivity contribution in [2.45, 2.75) is 112 Å². The Balaban J connectivity index is 1.71. The number of ether oxygens (including phenoxy) is 2. The van der Waals surface area contributed by atoms with Crippen LogP contribution in [0.4, 0.5) is 0 Å². The van der Waals surface area contributed by atoms with Crippen LogP contribution >= 0.6 is 0 Å². The molecule has 5 unspecified atom stereocenters. The van der Waals surface area contributed by atoms with Gasteiger partial charge in [-0.05, 0) is 94.8 Å². The molecule has 0 saturated heterocycles. The Kier molecular flexibility index (Phi) is 7.83. The summed E-state index contributed by atoms with van der Waals surface area (Å²) < 4.78 is 12.4. The van der Waals surface area contributed by atoms with E-state index in [1.165, 1.54) is 44.9 Å². The molecule has 0 spiro atoms. The van der Waals surface area contributed by atoms with Crippen LogP contribution < -0.4 is 0 Å². The van der Waals surface area contributed by atoms with Crippen LogP contribution in [-0.2, 0) is 9.47 Å². The van der Waals surface area contributed by atoms with E-state index in [1.54, 1.807) is 0 Å². The second kappa shape index (κ2) is 9.22. The molecule has 0 heterocycles. The Hall–Kier alpha value is -0.0800. The zero-order valence-corrected chi connectivity index (χ0v) is 18.0. The molecule has 2 aliphatic carbocycles. The molecule has 0 N–H and O–H groups in total. The van der Waals surface area contributed by atoms with Crippen LogP contribution in [0.2, 0.25) is 0 Å². The molecule has 2 fully saturated rings. The molecule has 2 aliphatic rings. The minimum Gasteiger partial charge on any atom is -0.378 e. The van der Waals surface area contributed by atoms with Gasteiger partial charge in [0.05, 0.1) is 18.3 Å². The molecule has 0 radical (unpaired) electrons. The van der Waals surface area contributed by atoms with Crippen LogP contribution in [0.5, 0.6) is 0 Å². The maximum Gasteiger partial charge on any atom is 0.0581 e. The van der Waals surface area contributed by atoms with Gasteiger partial charge in [0.25, 0.3) is 0 Å². The zero-order chi connectivity index (χ0) is 18.6. The smallest absolute Gasteiger partial charge is 0.0581 e. The third kappa shape index (κ3) is 6.54. The quantitative estimate of drug-likeness (QED) is 0.473. The summed E-state index contributed by atoms with van der Waals surface area (Å²) in [6.45, 7) is 17.2. The summed E-state index contributed by atoms with van der Waals surface area (Å²) >= 11 is 0. The average Bonchev–Trinajstić information content (AvgIpc) is 3.13. The minimum atomic E-state index is 0.352. The van der Waals surface area contributed by atoms with Gasteiger partial charge in [-0.2, -0.15) is 0 Å². The van der Waals surface area contributed by atoms with E-state index in [1.807, 2.05) is 0 Å². The van der Waals surface area contributed by atoms with E-state index >= 15 is 0 Å². The first-order chi connectivity index (χ1) is 11.7. The molecule has 5 atom stereocenters. The summed E-state index contributed by atoms with van der Waals surface area (Å²) in [5.41, 5.74) is 0.352. The topological polar surface area (TPSA) is 18.5 Å². The summed E-state index contributed by atoms with van der Waals surface area (Å²) in [6, 6.07) is 0. The number of hydrogen-bond acceptors (Lipinski definition) is 2. The molecule has 0 aromatic heterocycles. The maximum atomic E-state index is 6.31. The molecule has 0 bridgehead atoms. The maximum absolute atomic E-state index is 6.31. The van der Waals surface area contributed by atoms with E-state index in [9.17, 15) is 0 Å². The molecule has 0 amide bonds. The van der Waals surface area contributed by atoms with Gasteiger partial charge in [0.2, 0.25) is 0 Å². The highest BCUT2D eigenvalue weighted by molar-refractivity contribution is 4.88. The predicted molar refractivity (Wildman–Crippen MR) is 107 cm³/mol. The van der Waals surface area contributed by atoms with Crippen LogP contribution in [0.25, 0.3) is 0 Å². The molecule has 0 aromatic rings. The summed E-state index contributed by atoms with van der Waals surface area (Å²) in [7, 11) is 0. The minimum absolute atomic E-state index is 0.352. The van der Waals surface area contributed by atoms with Crippen LogP contribution in [0.3, 0.4) is 0 Å². The SMILES string of the molecule is CC(C)OC1CCC(C(C)(C)CC(C)OCC2CCC(C(C)C)C2)C1. The zero-order valence-electron chi connectivity index (χ0n) is 18.0. The lowest BCUT2D eigenvalue weighted by atomic mass is 9.74. The molecular formula is C23H44O2. The lowest BCUT2D eigenvalue weighted by Crippen LogP contribution is -2.29. The summed E-state index contributed by atoms with van der Waals surface area (Å²) in [4.78, 5) is 0. The summed E-state index contributed by atoms with van der Waals surface area (Å²) in [5, 5.41) is 0. The monoisotopic (exact) mass is 352 g/mol. The molecule has 25 heavy (non-hydrogen) atoms. The van der Waals surface area contributed by atoms with E-state index in [0.29, 0.717) is 23.7 Å². The van der Waals surface area contributed by atoms with Crippen LogP contribution in [-0.4, -0.2) is 24.9 Å². The van der Waals surface area contributed by atoms with Gasteiger partial charge in [-0.25, -0.2) is 0 Å². The number of rotatable bonds is 9. The molecule has 0 aliphatic heterocycles. The van der Waals surface area contributed by atoms with E-state index in [4.69, 9.17) is 9.47 Å². The highest BCUT2D eigenvalue weighted by atomic mass is 16.5. The third-order valence-corrected chi connectivity index (χ3v) is 6.91. The third-order valence-electron chi connectivity index (χ3n) is 6.91. The van der Waals surface area contributed by atoms with Gasteiger partial charge >= 0.3 is 0 Å². The van der Waals surface area contributed by atoms with Crippen LogP contribution in [0, 0.1) is 29.1 Å². The second-order valence-electron chi connectivity index (χ2n) is 10.3. The molecule has 2 nitrogen and oxygen atoms in total. The standard InChI is InChI=1S/C23H44O2/c1-16(2)20-9-8-19(12-20)15-24-18(5)14-23(6,7)21-10-11-22(13-21)25-17(3)4/h16-22H,8-15H2,1-7H3. The first kappa shape index (κ1) is 21.2. The van der Waals surface area contributed by atoms with Crippen LogP contribution in [0.1, 0.15) is 93.4 Å². The van der Waals surface area contributed by atoms with Crippen molar-refractivity contribution in [1.29, 1.82) is 0 Å². The van der Waals surface area contributed by atoms with Gasteiger partial charge in [0.1, 0.15) is 0 Å². The highest BCUT2D eigenvalue weighted by Crippen LogP contribution is 2.44. The van der Waals surface area contributed by atoms with Gasteiger partial charge in [0, 0.05) is 6.61 Å². The van der Waals surface area contributed by atoms with Crippen molar-refractivity contribution >= 4 is 0 Å². The first-order valence-electron chi connectivity index (χ1n) is 10.9. The van der Waals surface area contributed by atoms with Gasteiger partial charge < -0.3 is 9.47 Å². The Labute approximate surface area is 157 Å². The summed E-state index contributed by atoms with van der Waals surface area (Å²) in [6.07, 6.45) is 10.3. The lowest BCUT2D eigenvalue weighted by Gasteiger charge is -2.34. The van der Waals surface area contributed by atoms with Gasteiger partial charge in [-0.1, -0.05) is 27.7 Å². The Morgan fingerprint density at radius 1 is 0.920 bits per heavy atom. The first-order valence-corrected chi connectivity index (χ1v) is 10.9. The van der Waals surface area contributed by atoms with E-state index in [0.717, 1.165) is 30.3 Å². The average molecular weight is 353 g/mol. The van der Waals surface area contributed by atoms with Crippen molar-refractivity contribution in [2.24, 2.45) is 29.1 Å². The van der Waals surface area contributed by atoms with Crippen molar-refractivity contribution in [3.8, 4) is 0 Å². The van der Waals surface area contributed by atoms with Crippen molar-refractivity contribution in [3.05, 3.63) is 0 Å². The van der Waals surface area contributed by atoms with Crippen molar-refractivity contribution in [3.63, 3.8) is 0 Å². The fourth-order valence-corrected chi connectivity index (χ4v) is 5.30. The van der Waals surface area contributed by atoms with E-state index < -0.39 is 0 Å². The molecule has 2 rings (SSSR count). The van der Waals surface area contributed by atoms with Crippen LogP contribution in [0.15, 0.2) is 0 Å². The van der Waals surface area contributed by atoms with Crippen molar-refractivity contribution in [1.82, 2.24) is 0 Å². The predicted octanol–water partition coefficient (Wildman–Crippen LogP) is 6.47. The molecule has 0 aromatic carbocycles. The fourth-order valence-electron chi connectivity index (χ4n) is 5.30.